The van der Waals surface area contributed by atoms with Gasteiger partial charge < -0.3 is 15.0 Å². The zero-order valence-corrected chi connectivity index (χ0v) is 14.1. The van der Waals surface area contributed by atoms with Gasteiger partial charge in [-0.25, -0.2) is 9.78 Å². The highest BCUT2D eigenvalue weighted by molar-refractivity contribution is 5.94. The summed E-state index contributed by atoms with van der Waals surface area (Å²) in [4.78, 5) is 33.1. The fourth-order valence-electron chi connectivity index (χ4n) is 3.40. The third-order valence-electron chi connectivity index (χ3n) is 4.83. The fraction of sp³-hybridized carbons (Fsp3) is 0.588. The second-order valence-electron chi connectivity index (χ2n) is 6.35. The lowest BCUT2D eigenvalue weighted by atomic mass is 9.89. The van der Waals surface area contributed by atoms with E-state index in [2.05, 4.69) is 34.1 Å². The van der Waals surface area contributed by atoms with Gasteiger partial charge >= 0.3 is 5.69 Å². The summed E-state index contributed by atoms with van der Waals surface area (Å²) in [7, 11) is 0. The van der Waals surface area contributed by atoms with Gasteiger partial charge in [-0.3, -0.25) is 9.78 Å². The van der Waals surface area contributed by atoms with Crippen molar-refractivity contribution < 1.29 is 9.53 Å². The van der Waals surface area contributed by atoms with Crippen LogP contribution >= 0.6 is 0 Å². The van der Waals surface area contributed by atoms with Crippen LogP contribution < -0.4 is 11.0 Å². The summed E-state index contributed by atoms with van der Waals surface area (Å²) in [5, 5.41) is 3.06. The third kappa shape index (κ3) is 3.51. The average Bonchev–Trinajstić information content (AvgIpc) is 2.95. The summed E-state index contributed by atoms with van der Waals surface area (Å²) in [5.41, 5.74) is 0.974. The normalized spacial score (nSPS) is 21.3. The molecule has 2 aromatic rings. The lowest BCUT2D eigenvalue weighted by Gasteiger charge is -2.34. The van der Waals surface area contributed by atoms with Gasteiger partial charge in [0.05, 0.1) is 11.6 Å². The van der Waals surface area contributed by atoms with Crippen LogP contribution in [-0.2, 0) is 4.74 Å². The smallest absolute Gasteiger partial charge is 0.325 e. The van der Waals surface area contributed by atoms with Crippen LogP contribution in [0, 0.1) is 5.92 Å². The topological polar surface area (TPSA) is 99.9 Å². The molecule has 3 rings (SSSR count). The molecular formula is C17H24N4O3. The van der Waals surface area contributed by atoms with E-state index >= 15 is 0 Å². The molecule has 130 valence electrons. The molecule has 1 aliphatic heterocycles. The highest BCUT2D eigenvalue weighted by atomic mass is 16.5. The highest BCUT2D eigenvalue weighted by Gasteiger charge is 2.28. The molecule has 0 unspecified atom stereocenters. The maximum Gasteiger partial charge on any atom is 0.325 e. The van der Waals surface area contributed by atoms with Gasteiger partial charge in [0.25, 0.3) is 5.91 Å². The van der Waals surface area contributed by atoms with Gasteiger partial charge in [-0.1, -0.05) is 26.7 Å². The number of rotatable bonds is 5. The van der Waals surface area contributed by atoms with E-state index < -0.39 is 0 Å². The first-order chi connectivity index (χ1) is 11.6. The number of aromatic amines is 2. The number of H-pyrrole nitrogens is 2. The zero-order chi connectivity index (χ0) is 17.1. The first-order valence-electron chi connectivity index (χ1n) is 8.62. The van der Waals surface area contributed by atoms with Crippen LogP contribution in [-0.4, -0.2) is 39.6 Å². The van der Waals surface area contributed by atoms with E-state index in [1.165, 1.54) is 0 Å². The van der Waals surface area contributed by atoms with E-state index in [1.807, 2.05) is 0 Å². The van der Waals surface area contributed by atoms with Gasteiger partial charge in [-0.05, 0) is 30.9 Å². The first kappa shape index (κ1) is 16.7. The minimum atomic E-state index is -0.326. The monoisotopic (exact) mass is 332 g/mol. The number of pyridine rings is 1. The Labute approximate surface area is 140 Å². The van der Waals surface area contributed by atoms with Crippen molar-refractivity contribution in [2.75, 3.05) is 6.61 Å². The van der Waals surface area contributed by atoms with Crippen molar-refractivity contribution in [3.8, 4) is 0 Å². The number of ether oxygens (including phenoxy) is 1. The van der Waals surface area contributed by atoms with Crippen LogP contribution in [0.1, 0.15) is 50.0 Å². The number of carbonyl (C=O) groups excluding carboxylic acids is 1. The van der Waals surface area contributed by atoms with E-state index in [9.17, 15) is 9.59 Å². The molecule has 0 saturated carbocycles. The highest BCUT2D eigenvalue weighted by Crippen LogP contribution is 2.25. The molecule has 0 radical (unpaired) electrons. The molecule has 3 N–H and O–H groups in total. The summed E-state index contributed by atoms with van der Waals surface area (Å²) in [6, 6.07) is 3.41. The number of imidazole rings is 1. The Morgan fingerprint density at radius 2 is 2.17 bits per heavy atom. The molecule has 0 spiro atoms. The van der Waals surface area contributed by atoms with Crippen molar-refractivity contribution in [3.05, 3.63) is 28.3 Å². The van der Waals surface area contributed by atoms with Crippen LogP contribution in [0.2, 0.25) is 0 Å². The summed E-state index contributed by atoms with van der Waals surface area (Å²) < 4.78 is 5.89. The van der Waals surface area contributed by atoms with Crippen LogP contribution in [0.5, 0.6) is 0 Å². The standard InChI is InChI=1S/C17H24N4O3/c1-3-10(4-2)14-9-11(7-8-24-14)18-16(22)13-6-5-12-15(19-13)21-17(23)20-12/h5-6,10-11,14H,3-4,7-9H2,1-2H3,(H,18,22)(H2,19,20,21,23)/t11-,14-/m1/s1. The van der Waals surface area contributed by atoms with Crippen LogP contribution in [0.3, 0.4) is 0 Å². The number of hydrogen-bond acceptors (Lipinski definition) is 4. The Morgan fingerprint density at radius 1 is 1.38 bits per heavy atom. The number of amides is 1. The zero-order valence-electron chi connectivity index (χ0n) is 14.1. The maximum atomic E-state index is 12.5. The molecule has 1 amide bonds. The number of fused-ring (bicyclic) bond motifs is 1. The van der Waals surface area contributed by atoms with Gasteiger partial charge in [0.15, 0.2) is 5.65 Å². The molecule has 1 saturated heterocycles. The molecule has 3 heterocycles. The maximum absolute atomic E-state index is 12.5. The number of nitrogens with one attached hydrogen (secondary N) is 3. The predicted molar refractivity (Wildman–Crippen MR) is 91.0 cm³/mol. The van der Waals surface area contributed by atoms with Crippen LogP contribution in [0.25, 0.3) is 11.2 Å². The molecular weight excluding hydrogens is 308 g/mol. The Kier molecular flexibility index (Phi) is 4.99. The van der Waals surface area contributed by atoms with Crippen LogP contribution in [0.4, 0.5) is 0 Å². The number of hydrogen-bond donors (Lipinski definition) is 3. The van der Waals surface area contributed by atoms with E-state index in [4.69, 9.17) is 4.74 Å². The largest absolute Gasteiger partial charge is 0.378 e. The molecule has 24 heavy (non-hydrogen) atoms. The summed E-state index contributed by atoms with van der Waals surface area (Å²) >= 11 is 0. The molecule has 2 atom stereocenters. The van der Waals surface area contributed by atoms with Crippen molar-refractivity contribution in [2.24, 2.45) is 5.92 Å². The van der Waals surface area contributed by atoms with E-state index in [1.54, 1.807) is 12.1 Å². The summed E-state index contributed by atoms with van der Waals surface area (Å²) in [5.74, 6) is 0.318. The van der Waals surface area contributed by atoms with Gasteiger partial charge in [-0.2, -0.15) is 0 Å². The number of aromatic nitrogens is 3. The lowest BCUT2D eigenvalue weighted by Crippen LogP contribution is -2.44. The second kappa shape index (κ2) is 7.17. The average molecular weight is 332 g/mol. The molecule has 2 aromatic heterocycles. The summed E-state index contributed by atoms with van der Waals surface area (Å²) in [6.45, 7) is 5.02. The Morgan fingerprint density at radius 3 is 2.92 bits per heavy atom. The number of carbonyl (C=O) groups is 1. The minimum Gasteiger partial charge on any atom is -0.378 e. The molecule has 0 bridgehead atoms. The second-order valence-corrected chi connectivity index (χ2v) is 6.35. The fourth-order valence-corrected chi connectivity index (χ4v) is 3.40. The van der Waals surface area contributed by atoms with Gasteiger partial charge in [0.2, 0.25) is 0 Å². The Hall–Kier alpha value is -2.15. The van der Waals surface area contributed by atoms with Crippen molar-refractivity contribution in [1.29, 1.82) is 0 Å². The summed E-state index contributed by atoms with van der Waals surface area (Å²) in [6.07, 6.45) is 4.02. The molecule has 7 heteroatoms. The number of nitrogens with zero attached hydrogens (tertiary/aromatic N) is 1. The van der Waals surface area contributed by atoms with Crippen LogP contribution in [0.15, 0.2) is 16.9 Å². The Bertz CT molecular complexity index is 763. The molecule has 1 aliphatic rings. The molecule has 1 fully saturated rings. The van der Waals surface area contributed by atoms with Crippen molar-refractivity contribution in [2.45, 2.75) is 51.7 Å². The van der Waals surface area contributed by atoms with Crippen molar-refractivity contribution in [3.63, 3.8) is 0 Å². The van der Waals surface area contributed by atoms with Crippen molar-refractivity contribution in [1.82, 2.24) is 20.3 Å². The SMILES string of the molecule is CCC(CC)[C@H]1C[C@H](NC(=O)c2ccc3[nH]c(=O)[nH]c3n2)CCO1. The molecule has 0 aliphatic carbocycles. The van der Waals surface area contributed by atoms with E-state index in [-0.39, 0.29) is 23.7 Å². The van der Waals surface area contributed by atoms with Gasteiger partial charge in [0.1, 0.15) is 5.69 Å². The predicted octanol–water partition coefficient (Wildman–Crippen LogP) is 1.96. The molecule has 7 nitrogen and oxygen atoms in total. The quantitative estimate of drug-likeness (QED) is 0.779. The first-order valence-corrected chi connectivity index (χ1v) is 8.62. The third-order valence-corrected chi connectivity index (χ3v) is 4.83. The minimum absolute atomic E-state index is 0.0969. The Balaban J connectivity index is 1.67. The van der Waals surface area contributed by atoms with Gasteiger partial charge in [0, 0.05) is 12.6 Å². The van der Waals surface area contributed by atoms with E-state index in [0.717, 1.165) is 25.7 Å². The lowest BCUT2D eigenvalue weighted by molar-refractivity contribution is -0.0337. The molecule has 0 aromatic carbocycles. The van der Waals surface area contributed by atoms with Gasteiger partial charge in [-0.15, -0.1) is 0 Å². The van der Waals surface area contributed by atoms with Crippen molar-refractivity contribution >= 4 is 17.1 Å². The van der Waals surface area contributed by atoms with E-state index in [0.29, 0.717) is 29.4 Å².